The largest absolute Gasteiger partial charge is 0.490 e. The van der Waals surface area contributed by atoms with Crippen LogP contribution in [0.4, 0.5) is 10.1 Å². The Morgan fingerprint density at radius 3 is 2.47 bits per heavy atom. The van der Waals surface area contributed by atoms with Gasteiger partial charge in [-0.3, -0.25) is 14.9 Å². The molecule has 1 fully saturated rings. The first-order valence-electron chi connectivity index (χ1n) is 10.8. The van der Waals surface area contributed by atoms with E-state index in [-0.39, 0.29) is 23.0 Å². The summed E-state index contributed by atoms with van der Waals surface area (Å²) in [7, 11) is 0. The fourth-order valence-electron chi connectivity index (χ4n) is 3.45. The van der Waals surface area contributed by atoms with Crippen molar-refractivity contribution in [3.8, 4) is 11.5 Å². The van der Waals surface area contributed by atoms with Crippen molar-refractivity contribution in [1.82, 2.24) is 5.32 Å². The van der Waals surface area contributed by atoms with Crippen LogP contribution in [0, 0.1) is 5.82 Å². The molecule has 0 aliphatic carbocycles. The van der Waals surface area contributed by atoms with Crippen LogP contribution in [-0.4, -0.2) is 23.5 Å². The number of anilines is 1. The highest BCUT2D eigenvalue weighted by molar-refractivity contribution is 9.10. The molecular weight excluding hydrogens is 571 g/mol. The van der Waals surface area contributed by atoms with E-state index in [9.17, 15) is 14.0 Å². The minimum absolute atomic E-state index is 0.0570. The predicted octanol–water partition coefficient (Wildman–Crippen LogP) is 6.05. The van der Waals surface area contributed by atoms with Gasteiger partial charge in [0.1, 0.15) is 18.0 Å². The molecule has 2 amide bonds. The molecule has 0 bridgehead atoms. The van der Waals surface area contributed by atoms with Gasteiger partial charge >= 0.3 is 0 Å². The number of halogens is 3. The van der Waals surface area contributed by atoms with Crippen LogP contribution in [0.5, 0.6) is 11.5 Å². The Hall–Kier alpha value is -3.27. The van der Waals surface area contributed by atoms with Gasteiger partial charge < -0.3 is 9.47 Å². The molecule has 3 aromatic carbocycles. The zero-order chi connectivity index (χ0) is 25.8. The molecule has 1 heterocycles. The Morgan fingerprint density at radius 1 is 1.08 bits per heavy atom. The Balaban J connectivity index is 1.67. The summed E-state index contributed by atoms with van der Waals surface area (Å²) in [5.74, 6) is -1.20. The van der Waals surface area contributed by atoms with Gasteiger partial charge in [0.2, 0.25) is 0 Å². The summed E-state index contributed by atoms with van der Waals surface area (Å²) in [6.45, 7) is 2.47. The molecule has 0 aromatic heterocycles. The molecule has 4 rings (SSSR count). The lowest BCUT2D eigenvalue weighted by Gasteiger charge is -2.29. The van der Waals surface area contributed by atoms with Crippen LogP contribution in [0.25, 0.3) is 6.08 Å². The number of amides is 2. The molecule has 0 saturated carbocycles. The summed E-state index contributed by atoms with van der Waals surface area (Å²) >= 11 is 14.6. The lowest BCUT2D eigenvalue weighted by molar-refractivity contribution is -0.122. The van der Waals surface area contributed by atoms with Crippen LogP contribution in [0.1, 0.15) is 18.1 Å². The summed E-state index contributed by atoms with van der Waals surface area (Å²) in [6, 6.07) is 16.3. The van der Waals surface area contributed by atoms with Gasteiger partial charge in [-0.1, -0.05) is 51.8 Å². The minimum Gasteiger partial charge on any atom is -0.490 e. The third kappa shape index (κ3) is 5.59. The number of thiocarbonyl (C=S) groups is 1. The number of benzene rings is 3. The van der Waals surface area contributed by atoms with Gasteiger partial charge in [0.15, 0.2) is 16.6 Å². The number of nitrogens with one attached hydrogen (secondary N) is 1. The second kappa shape index (κ2) is 11.2. The van der Waals surface area contributed by atoms with Crippen LogP contribution in [0.15, 0.2) is 70.7 Å². The van der Waals surface area contributed by atoms with E-state index in [4.69, 9.17) is 33.3 Å². The lowest BCUT2D eigenvalue weighted by Crippen LogP contribution is -2.54. The number of rotatable bonds is 7. The summed E-state index contributed by atoms with van der Waals surface area (Å²) in [4.78, 5) is 26.9. The molecular formula is C26H19BrClFN2O4S. The maximum absolute atomic E-state index is 14.4. The Morgan fingerprint density at radius 2 is 1.78 bits per heavy atom. The van der Waals surface area contributed by atoms with E-state index in [0.29, 0.717) is 33.2 Å². The molecule has 0 unspecified atom stereocenters. The van der Waals surface area contributed by atoms with Gasteiger partial charge in [-0.25, -0.2) is 9.29 Å². The van der Waals surface area contributed by atoms with Gasteiger partial charge in [-0.15, -0.1) is 0 Å². The molecule has 184 valence electrons. The lowest BCUT2D eigenvalue weighted by atomic mass is 10.1. The maximum atomic E-state index is 14.4. The number of hydrogen-bond acceptors (Lipinski definition) is 5. The van der Waals surface area contributed by atoms with E-state index in [1.165, 1.54) is 24.3 Å². The van der Waals surface area contributed by atoms with Crippen molar-refractivity contribution >= 4 is 68.4 Å². The van der Waals surface area contributed by atoms with Crippen molar-refractivity contribution in [2.45, 2.75) is 13.5 Å². The number of nitrogens with zero attached hydrogens (tertiary/aromatic N) is 1. The zero-order valence-corrected chi connectivity index (χ0v) is 22.0. The van der Waals surface area contributed by atoms with E-state index in [1.54, 1.807) is 30.3 Å². The first-order valence-corrected chi connectivity index (χ1v) is 12.4. The van der Waals surface area contributed by atoms with E-state index >= 15 is 0 Å². The Labute approximate surface area is 225 Å². The number of hydrogen-bond donors (Lipinski definition) is 1. The molecule has 3 aromatic rings. The second-order valence-electron chi connectivity index (χ2n) is 7.58. The van der Waals surface area contributed by atoms with Crippen molar-refractivity contribution in [1.29, 1.82) is 0 Å². The number of para-hydroxylation sites is 1. The van der Waals surface area contributed by atoms with Crippen LogP contribution in [0.2, 0.25) is 5.02 Å². The average Bonchev–Trinajstić information content (AvgIpc) is 2.84. The van der Waals surface area contributed by atoms with Gasteiger partial charge in [-0.2, -0.15) is 0 Å². The van der Waals surface area contributed by atoms with E-state index in [1.807, 2.05) is 19.1 Å². The average molecular weight is 590 g/mol. The highest BCUT2D eigenvalue weighted by Crippen LogP contribution is 2.36. The molecule has 10 heteroatoms. The highest BCUT2D eigenvalue weighted by Gasteiger charge is 2.35. The third-order valence-electron chi connectivity index (χ3n) is 5.17. The smallest absolute Gasteiger partial charge is 0.270 e. The summed E-state index contributed by atoms with van der Waals surface area (Å²) in [6.07, 6.45) is 1.39. The maximum Gasteiger partial charge on any atom is 0.270 e. The van der Waals surface area contributed by atoms with E-state index in [2.05, 4.69) is 21.2 Å². The monoisotopic (exact) mass is 588 g/mol. The van der Waals surface area contributed by atoms with Gasteiger partial charge in [0.25, 0.3) is 11.8 Å². The molecule has 1 saturated heterocycles. The summed E-state index contributed by atoms with van der Waals surface area (Å²) in [5, 5.41) is 2.88. The molecule has 36 heavy (non-hydrogen) atoms. The van der Waals surface area contributed by atoms with Crippen molar-refractivity contribution in [2.24, 2.45) is 0 Å². The predicted molar refractivity (Wildman–Crippen MR) is 144 cm³/mol. The SMILES string of the molecule is CCOc1cc(/C=C2\C(=O)NC(=S)N(c3ccccc3F)C2=O)c(Br)cc1OCc1ccc(Cl)cc1. The Bertz CT molecular complexity index is 1380. The minimum atomic E-state index is -0.748. The Kier molecular flexibility index (Phi) is 8.03. The normalized spacial score (nSPS) is 14.7. The molecule has 0 spiro atoms. The van der Waals surface area contributed by atoms with Gasteiger partial charge in [0, 0.05) is 9.50 Å². The number of carbonyl (C=O) groups is 2. The topological polar surface area (TPSA) is 67.9 Å². The summed E-state index contributed by atoms with van der Waals surface area (Å²) < 4.78 is 26.7. The standard InChI is InChI=1S/C26H19BrClFN2O4S/c1-2-34-22-12-16(19(27)13-23(22)35-14-15-7-9-17(28)10-8-15)11-18-24(32)30-26(36)31(25(18)33)21-6-4-3-5-20(21)29/h3-13H,2,14H2,1H3,(H,30,32,36)/b18-11+. The van der Waals surface area contributed by atoms with Crippen LogP contribution in [-0.2, 0) is 16.2 Å². The van der Waals surface area contributed by atoms with E-state index in [0.717, 1.165) is 10.5 Å². The first kappa shape index (κ1) is 25.8. The molecule has 0 atom stereocenters. The van der Waals surface area contributed by atoms with Crippen molar-refractivity contribution in [2.75, 3.05) is 11.5 Å². The molecule has 0 radical (unpaired) electrons. The molecule has 6 nitrogen and oxygen atoms in total. The first-order chi connectivity index (χ1) is 17.3. The second-order valence-corrected chi connectivity index (χ2v) is 9.26. The highest BCUT2D eigenvalue weighted by atomic mass is 79.9. The fourth-order valence-corrected chi connectivity index (χ4v) is 4.29. The van der Waals surface area contributed by atoms with Crippen LogP contribution in [0.3, 0.4) is 0 Å². The third-order valence-corrected chi connectivity index (χ3v) is 6.39. The molecule has 1 aliphatic rings. The number of carbonyl (C=O) groups excluding carboxylic acids is 2. The van der Waals surface area contributed by atoms with Crippen LogP contribution >= 0.6 is 39.7 Å². The molecule has 1 N–H and O–H groups in total. The van der Waals surface area contributed by atoms with Crippen LogP contribution < -0.4 is 19.7 Å². The van der Waals surface area contributed by atoms with Gasteiger partial charge in [0.05, 0.1) is 12.3 Å². The summed E-state index contributed by atoms with van der Waals surface area (Å²) in [5.41, 5.74) is 1.12. The van der Waals surface area contributed by atoms with Crippen molar-refractivity contribution in [3.05, 3.63) is 92.7 Å². The zero-order valence-electron chi connectivity index (χ0n) is 18.9. The van der Waals surface area contributed by atoms with E-state index < -0.39 is 17.6 Å². The number of ether oxygens (including phenoxy) is 2. The fraction of sp³-hybridized carbons (Fsp3) is 0.115. The van der Waals surface area contributed by atoms with Crippen molar-refractivity contribution in [3.63, 3.8) is 0 Å². The molecule has 1 aliphatic heterocycles. The van der Waals surface area contributed by atoms with Gasteiger partial charge in [-0.05, 0) is 72.7 Å². The quantitative estimate of drug-likeness (QED) is 0.206. The van der Waals surface area contributed by atoms with Crippen molar-refractivity contribution < 1.29 is 23.5 Å².